The van der Waals surface area contributed by atoms with Gasteiger partial charge in [0.05, 0.1) is 6.61 Å². The van der Waals surface area contributed by atoms with Gasteiger partial charge in [-0.2, -0.15) is 0 Å². The van der Waals surface area contributed by atoms with Gasteiger partial charge in [-0.3, -0.25) is 0 Å². The Kier molecular flexibility index (Phi) is 6.40. The second-order valence-electron chi connectivity index (χ2n) is 6.20. The van der Waals surface area contributed by atoms with Crippen LogP contribution in [0.15, 0.2) is 0 Å². The van der Waals surface area contributed by atoms with Gasteiger partial charge in [-0.15, -0.1) is 0 Å². The summed E-state index contributed by atoms with van der Waals surface area (Å²) in [5.74, 6) is 2.81. The van der Waals surface area contributed by atoms with E-state index in [0.717, 1.165) is 42.7 Å². The minimum Gasteiger partial charge on any atom is -0.383 e. The molecule has 120 valence electrons. The van der Waals surface area contributed by atoms with E-state index in [0.29, 0.717) is 6.61 Å². The molecule has 0 bridgehead atoms. The van der Waals surface area contributed by atoms with E-state index < -0.39 is 0 Å². The predicted octanol–water partition coefficient (Wildman–Crippen LogP) is 2.99. The molecule has 1 heterocycles. The molecule has 1 aromatic rings. The second-order valence-corrected chi connectivity index (χ2v) is 6.20. The van der Waals surface area contributed by atoms with Crippen molar-refractivity contribution in [1.82, 2.24) is 9.97 Å². The van der Waals surface area contributed by atoms with Crippen LogP contribution in [0.2, 0.25) is 0 Å². The zero-order valence-electron chi connectivity index (χ0n) is 14.6. The van der Waals surface area contributed by atoms with Gasteiger partial charge < -0.3 is 15.0 Å². The van der Waals surface area contributed by atoms with E-state index in [9.17, 15) is 0 Å². The van der Waals surface area contributed by atoms with Gasteiger partial charge in [0.15, 0.2) is 0 Å². The summed E-state index contributed by atoms with van der Waals surface area (Å²) in [6.45, 7) is 16.0. The summed E-state index contributed by atoms with van der Waals surface area (Å²) in [5.41, 5.74) is 1.02. The fourth-order valence-electron chi connectivity index (χ4n) is 2.10. The molecule has 5 nitrogen and oxygen atoms in total. The fraction of sp³-hybridized carbons (Fsp3) is 0.750. The summed E-state index contributed by atoms with van der Waals surface area (Å²) in [6, 6.07) is 0. The first kappa shape index (κ1) is 17.7. The largest absolute Gasteiger partial charge is 0.383 e. The van der Waals surface area contributed by atoms with Gasteiger partial charge in [-0.1, -0.05) is 20.8 Å². The Hall–Kier alpha value is -1.36. The molecule has 0 fully saturated rings. The molecule has 0 aliphatic rings. The number of nitrogens with one attached hydrogen (secondary N) is 1. The van der Waals surface area contributed by atoms with Gasteiger partial charge in [-0.05, 0) is 20.8 Å². The lowest BCUT2D eigenvalue weighted by atomic mass is 9.95. The van der Waals surface area contributed by atoms with Crippen molar-refractivity contribution < 1.29 is 4.74 Å². The average Bonchev–Trinajstić information content (AvgIpc) is 2.42. The maximum absolute atomic E-state index is 5.21. The van der Waals surface area contributed by atoms with Crippen molar-refractivity contribution in [2.24, 2.45) is 0 Å². The normalized spacial score (nSPS) is 11.6. The standard InChI is InChI=1S/C16H30N4O/c1-8-17-13-12(3)14(20(9-2)10-11-21-7)19-15(18-13)16(4,5)6/h8-11H2,1-7H3,(H,17,18,19). The van der Waals surface area contributed by atoms with Gasteiger partial charge in [0, 0.05) is 37.7 Å². The average molecular weight is 294 g/mol. The minimum absolute atomic E-state index is 0.0761. The lowest BCUT2D eigenvalue weighted by molar-refractivity contribution is 0.205. The first-order valence-corrected chi connectivity index (χ1v) is 7.72. The van der Waals surface area contributed by atoms with Crippen LogP contribution in [0.5, 0.6) is 0 Å². The minimum atomic E-state index is -0.0761. The van der Waals surface area contributed by atoms with Crippen LogP contribution in [0.1, 0.15) is 46.0 Å². The van der Waals surface area contributed by atoms with Crippen molar-refractivity contribution in [3.05, 3.63) is 11.4 Å². The van der Waals surface area contributed by atoms with Crippen LogP contribution in [-0.2, 0) is 10.2 Å². The zero-order valence-corrected chi connectivity index (χ0v) is 14.6. The smallest absolute Gasteiger partial charge is 0.138 e. The Morgan fingerprint density at radius 1 is 1.19 bits per heavy atom. The van der Waals surface area contributed by atoms with Crippen molar-refractivity contribution in [1.29, 1.82) is 0 Å². The molecule has 0 aliphatic heterocycles. The summed E-state index contributed by atoms with van der Waals surface area (Å²) in [6.07, 6.45) is 0. The number of hydrogen-bond donors (Lipinski definition) is 1. The summed E-state index contributed by atoms with van der Waals surface area (Å²) in [4.78, 5) is 11.8. The van der Waals surface area contributed by atoms with Crippen LogP contribution in [-0.4, -0.2) is 43.3 Å². The van der Waals surface area contributed by atoms with Crippen molar-refractivity contribution in [3.8, 4) is 0 Å². The van der Waals surface area contributed by atoms with E-state index in [2.05, 4.69) is 51.8 Å². The topological polar surface area (TPSA) is 50.3 Å². The molecule has 5 heteroatoms. The molecule has 0 aliphatic carbocycles. The SMILES string of the molecule is CCNc1nc(C(C)(C)C)nc(N(CC)CCOC)c1C. The number of rotatable bonds is 7. The van der Waals surface area contributed by atoms with Crippen LogP contribution in [0.25, 0.3) is 0 Å². The maximum Gasteiger partial charge on any atom is 0.138 e. The van der Waals surface area contributed by atoms with E-state index >= 15 is 0 Å². The third-order valence-corrected chi connectivity index (χ3v) is 3.38. The second kappa shape index (κ2) is 7.59. The molecular weight excluding hydrogens is 264 g/mol. The Balaban J connectivity index is 3.30. The molecule has 0 saturated heterocycles. The van der Waals surface area contributed by atoms with Gasteiger partial charge in [0.1, 0.15) is 17.5 Å². The zero-order chi connectivity index (χ0) is 16.0. The Morgan fingerprint density at radius 3 is 2.33 bits per heavy atom. The highest BCUT2D eigenvalue weighted by molar-refractivity contribution is 5.59. The van der Waals surface area contributed by atoms with Gasteiger partial charge >= 0.3 is 0 Å². The van der Waals surface area contributed by atoms with Crippen molar-refractivity contribution in [2.45, 2.75) is 47.0 Å². The maximum atomic E-state index is 5.21. The van der Waals surface area contributed by atoms with Crippen LogP contribution < -0.4 is 10.2 Å². The highest BCUT2D eigenvalue weighted by atomic mass is 16.5. The van der Waals surface area contributed by atoms with Crippen LogP contribution in [0.4, 0.5) is 11.6 Å². The summed E-state index contributed by atoms with van der Waals surface area (Å²) in [7, 11) is 1.73. The highest BCUT2D eigenvalue weighted by Gasteiger charge is 2.22. The van der Waals surface area contributed by atoms with Crippen molar-refractivity contribution >= 4 is 11.6 Å². The molecule has 0 aromatic carbocycles. The van der Waals surface area contributed by atoms with E-state index in [1.807, 2.05) is 0 Å². The molecule has 1 aromatic heterocycles. The Labute approximate surface area is 129 Å². The third kappa shape index (κ3) is 4.56. The molecule has 1 N–H and O–H groups in total. The number of hydrogen-bond acceptors (Lipinski definition) is 5. The first-order valence-electron chi connectivity index (χ1n) is 7.72. The molecule has 0 atom stereocenters. The number of nitrogens with zero attached hydrogens (tertiary/aromatic N) is 3. The molecule has 21 heavy (non-hydrogen) atoms. The predicted molar refractivity (Wildman–Crippen MR) is 89.4 cm³/mol. The Bertz CT molecular complexity index is 454. The van der Waals surface area contributed by atoms with Crippen molar-refractivity contribution in [2.75, 3.05) is 43.6 Å². The quantitative estimate of drug-likeness (QED) is 0.838. The monoisotopic (exact) mass is 294 g/mol. The first-order chi connectivity index (χ1) is 9.85. The summed E-state index contributed by atoms with van der Waals surface area (Å²) in [5, 5.41) is 3.35. The van der Waals surface area contributed by atoms with Gasteiger partial charge in [0.25, 0.3) is 0 Å². The number of anilines is 2. The van der Waals surface area contributed by atoms with Crippen molar-refractivity contribution in [3.63, 3.8) is 0 Å². The molecule has 0 spiro atoms. The highest BCUT2D eigenvalue weighted by Crippen LogP contribution is 2.28. The van der Waals surface area contributed by atoms with Gasteiger partial charge in [-0.25, -0.2) is 9.97 Å². The molecular formula is C16H30N4O. The van der Waals surface area contributed by atoms with Crippen LogP contribution in [0, 0.1) is 6.92 Å². The number of aromatic nitrogens is 2. The molecule has 0 amide bonds. The number of likely N-dealkylation sites (N-methyl/N-ethyl adjacent to an activating group) is 1. The molecule has 0 radical (unpaired) electrons. The Morgan fingerprint density at radius 2 is 1.86 bits per heavy atom. The van der Waals surface area contributed by atoms with Crippen LogP contribution >= 0.6 is 0 Å². The van der Waals surface area contributed by atoms with E-state index in [1.54, 1.807) is 7.11 Å². The lowest BCUT2D eigenvalue weighted by Gasteiger charge is -2.27. The van der Waals surface area contributed by atoms with E-state index in [-0.39, 0.29) is 5.41 Å². The van der Waals surface area contributed by atoms with E-state index in [1.165, 1.54) is 0 Å². The van der Waals surface area contributed by atoms with Crippen LogP contribution in [0.3, 0.4) is 0 Å². The third-order valence-electron chi connectivity index (χ3n) is 3.38. The molecule has 0 unspecified atom stereocenters. The summed E-state index contributed by atoms with van der Waals surface area (Å²) < 4.78 is 5.21. The number of methoxy groups -OCH3 is 1. The molecule has 1 rings (SSSR count). The molecule has 0 saturated carbocycles. The lowest BCUT2D eigenvalue weighted by Crippen LogP contribution is -2.30. The number of ether oxygens (including phenoxy) is 1. The van der Waals surface area contributed by atoms with E-state index in [4.69, 9.17) is 14.7 Å². The summed E-state index contributed by atoms with van der Waals surface area (Å²) >= 11 is 0. The fourth-order valence-corrected chi connectivity index (χ4v) is 2.10. The van der Waals surface area contributed by atoms with Gasteiger partial charge in [0.2, 0.25) is 0 Å².